The summed E-state index contributed by atoms with van der Waals surface area (Å²) in [6, 6.07) is 9.10. The van der Waals surface area contributed by atoms with Gasteiger partial charge in [0.15, 0.2) is 23.4 Å². The van der Waals surface area contributed by atoms with Crippen molar-refractivity contribution in [2.45, 2.75) is 69.8 Å². The van der Waals surface area contributed by atoms with Crippen molar-refractivity contribution >= 4 is 29.6 Å². The average molecular weight is 764 g/mol. The number of ether oxygens (including phenoxy) is 1. The van der Waals surface area contributed by atoms with E-state index in [4.69, 9.17) is 21.7 Å². The number of nitrogens with one attached hydrogen (secondary N) is 3. The number of nitrogens with zero attached hydrogens (tertiary/aromatic N) is 6. The molecule has 2 aromatic carbocycles. The van der Waals surface area contributed by atoms with Gasteiger partial charge in [-0.3, -0.25) is 15.1 Å². The van der Waals surface area contributed by atoms with Crippen LogP contribution >= 0.6 is 11.6 Å². The zero-order valence-electron chi connectivity index (χ0n) is 28.3. The first-order valence-corrected chi connectivity index (χ1v) is 16.5. The van der Waals surface area contributed by atoms with Crippen LogP contribution in [-0.2, 0) is 15.1 Å². The van der Waals surface area contributed by atoms with Crippen LogP contribution in [0.1, 0.15) is 69.5 Å². The Balaban J connectivity index is 1.40. The van der Waals surface area contributed by atoms with E-state index >= 15 is 0 Å². The molecule has 53 heavy (non-hydrogen) atoms. The molecule has 4 aromatic rings. The first-order valence-electron chi connectivity index (χ1n) is 16.1. The number of hydrogen-bond acceptors (Lipinski definition) is 8. The highest BCUT2D eigenvalue weighted by Crippen LogP contribution is 2.49. The number of alkyl halides is 5. The summed E-state index contributed by atoms with van der Waals surface area (Å²) >= 11 is 6.40. The quantitative estimate of drug-likeness (QED) is 0.146. The summed E-state index contributed by atoms with van der Waals surface area (Å²) in [5, 5.41) is 17.7. The highest BCUT2D eigenvalue weighted by atomic mass is 35.5. The Morgan fingerprint density at radius 2 is 1.74 bits per heavy atom. The van der Waals surface area contributed by atoms with E-state index in [-0.39, 0.29) is 41.4 Å². The molecule has 0 spiro atoms. The highest BCUT2D eigenvalue weighted by molar-refractivity contribution is 6.32. The first kappa shape index (κ1) is 37.5. The average Bonchev–Trinajstić information content (AvgIpc) is 3.63. The lowest BCUT2D eigenvalue weighted by atomic mass is 9.75. The second-order valence-corrected chi connectivity index (χ2v) is 14.4. The number of hydrogen-bond donors (Lipinski definition) is 3. The molecule has 3 N–H and O–H groups in total. The van der Waals surface area contributed by atoms with Crippen LogP contribution in [0.2, 0.25) is 5.02 Å². The minimum atomic E-state index is -4.74. The van der Waals surface area contributed by atoms with E-state index in [0.717, 1.165) is 28.3 Å². The van der Waals surface area contributed by atoms with Crippen molar-refractivity contribution in [2.24, 2.45) is 5.41 Å². The summed E-state index contributed by atoms with van der Waals surface area (Å²) in [6.45, 7) is 4.86. The van der Waals surface area contributed by atoms with Gasteiger partial charge in [-0.15, -0.1) is 0 Å². The molecule has 2 atom stereocenters. The molecule has 3 heterocycles. The fourth-order valence-electron chi connectivity index (χ4n) is 6.29. The summed E-state index contributed by atoms with van der Waals surface area (Å²) in [4.78, 5) is 40.2. The summed E-state index contributed by atoms with van der Waals surface area (Å²) in [5.74, 6) is -2.28. The van der Waals surface area contributed by atoms with E-state index in [0.29, 0.717) is 11.1 Å². The maximum Gasteiger partial charge on any atom is 0.411 e. The van der Waals surface area contributed by atoms with Gasteiger partial charge >= 0.3 is 12.3 Å². The van der Waals surface area contributed by atoms with Gasteiger partial charge < -0.3 is 15.4 Å². The number of rotatable bonds is 10. The molecule has 19 heteroatoms. The highest BCUT2D eigenvalue weighted by Gasteiger charge is 2.64. The van der Waals surface area contributed by atoms with Crippen LogP contribution in [-0.4, -0.2) is 65.9 Å². The summed E-state index contributed by atoms with van der Waals surface area (Å²) in [6.07, 6.45) is -6.88. The van der Waals surface area contributed by atoms with Gasteiger partial charge in [-0.1, -0.05) is 62.7 Å². The molecule has 2 aliphatic rings. The molecular weight excluding hydrogens is 732 g/mol. The molecule has 12 nitrogen and oxygen atoms in total. The standard InChI is InChI=1S/C34H32ClF6N9O3/c1-31(2,3)16-33(20-7-4-18(5-8-20)26-43-13-21(36)14-44-26)28(51)49(29(42)47-33)24(15-53-30(52)48-32(10-11-32)34(39,40)41)19-6-9-22(35)23(12-19)50-27(25(37)38)45-17-46-50/h4-9,12-14,17,24-25H,10-11,15-16H2,1-3H3,(H2,42,47)(H,48,52)/t24-,33-/m1/s1. The van der Waals surface area contributed by atoms with Crippen LogP contribution in [0.3, 0.4) is 0 Å². The van der Waals surface area contributed by atoms with E-state index in [1.807, 2.05) is 26.1 Å². The third-order valence-corrected chi connectivity index (χ3v) is 9.20. The number of carbonyl (C=O) groups is 2. The largest absolute Gasteiger partial charge is 0.447 e. The maximum absolute atomic E-state index is 14.9. The molecule has 6 rings (SSSR count). The third-order valence-electron chi connectivity index (χ3n) is 8.88. The van der Waals surface area contributed by atoms with Crippen LogP contribution < -0.4 is 10.6 Å². The van der Waals surface area contributed by atoms with E-state index in [1.54, 1.807) is 24.3 Å². The van der Waals surface area contributed by atoms with Crippen LogP contribution in [0.4, 0.5) is 31.1 Å². The Bertz CT molecular complexity index is 2030. The van der Waals surface area contributed by atoms with Crippen molar-refractivity contribution in [3.63, 3.8) is 0 Å². The lowest BCUT2D eigenvalue weighted by Crippen LogP contribution is -2.49. The number of amides is 2. The van der Waals surface area contributed by atoms with E-state index in [2.05, 4.69) is 25.4 Å². The molecule has 280 valence electrons. The Morgan fingerprint density at radius 1 is 1.08 bits per heavy atom. The fourth-order valence-corrected chi connectivity index (χ4v) is 6.49. The molecule has 1 saturated heterocycles. The predicted molar refractivity (Wildman–Crippen MR) is 177 cm³/mol. The van der Waals surface area contributed by atoms with Gasteiger partial charge in [-0.2, -0.15) is 18.3 Å². The van der Waals surface area contributed by atoms with Gasteiger partial charge in [0.2, 0.25) is 0 Å². The van der Waals surface area contributed by atoms with Crippen LogP contribution in [0.5, 0.6) is 0 Å². The SMILES string of the molecule is CC(C)(C)C[C@]1(c2ccc(-c3ncc(F)cn3)cc2)NC(=N)N([C@H](COC(=O)NC2(C(F)(F)F)CC2)c2ccc(Cl)c(-n3ncnc3C(F)F)c2)C1=O. The maximum atomic E-state index is 14.9. The molecule has 2 fully saturated rings. The zero-order valence-corrected chi connectivity index (χ0v) is 29.1. The molecule has 1 aliphatic carbocycles. The fraction of sp³-hybridized carbons (Fsp3) is 0.382. The Kier molecular flexibility index (Phi) is 9.63. The lowest BCUT2D eigenvalue weighted by molar-refractivity contribution is -0.164. The molecule has 1 aliphatic heterocycles. The topological polar surface area (TPSA) is 151 Å². The van der Waals surface area contributed by atoms with Crippen LogP contribution in [0, 0.1) is 16.6 Å². The van der Waals surface area contributed by atoms with Crippen molar-refractivity contribution in [1.29, 1.82) is 5.41 Å². The lowest BCUT2D eigenvalue weighted by Gasteiger charge is -2.35. The van der Waals surface area contributed by atoms with Gasteiger partial charge in [0.1, 0.15) is 24.0 Å². The monoisotopic (exact) mass is 763 g/mol. The molecule has 2 aromatic heterocycles. The van der Waals surface area contributed by atoms with Crippen molar-refractivity contribution in [1.82, 2.24) is 40.3 Å². The summed E-state index contributed by atoms with van der Waals surface area (Å²) in [7, 11) is 0. The molecule has 0 radical (unpaired) electrons. The van der Waals surface area contributed by atoms with Crippen molar-refractivity contribution in [2.75, 3.05) is 6.61 Å². The van der Waals surface area contributed by atoms with Gasteiger partial charge in [0, 0.05) is 5.56 Å². The Morgan fingerprint density at radius 3 is 2.32 bits per heavy atom. The van der Waals surface area contributed by atoms with Gasteiger partial charge in [-0.05, 0) is 47.9 Å². The molecule has 2 amide bonds. The number of guanidine groups is 1. The Hall–Kier alpha value is -5.26. The smallest absolute Gasteiger partial charge is 0.411 e. The van der Waals surface area contributed by atoms with Crippen LogP contribution in [0.15, 0.2) is 61.2 Å². The molecule has 0 bridgehead atoms. The van der Waals surface area contributed by atoms with Crippen LogP contribution in [0.25, 0.3) is 17.1 Å². The van der Waals surface area contributed by atoms with Gasteiger partial charge in [0.05, 0.1) is 29.1 Å². The van der Waals surface area contributed by atoms with Crippen molar-refractivity contribution < 1.29 is 40.7 Å². The molecule has 1 saturated carbocycles. The second kappa shape index (κ2) is 13.6. The minimum absolute atomic E-state index is 0.0485. The number of carbonyl (C=O) groups excluding carboxylic acids is 2. The summed E-state index contributed by atoms with van der Waals surface area (Å²) < 4.78 is 88.1. The van der Waals surface area contributed by atoms with Gasteiger partial charge in [0.25, 0.3) is 12.3 Å². The van der Waals surface area contributed by atoms with E-state index in [1.165, 1.54) is 18.2 Å². The van der Waals surface area contributed by atoms with Gasteiger partial charge in [-0.25, -0.2) is 37.6 Å². The number of alkyl carbamates (subject to hydrolysis) is 1. The van der Waals surface area contributed by atoms with Crippen molar-refractivity contribution in [3.8, 4) is 17.1 Å². The number of benzene rings is 2. The number of halogens is 7. The molecule has 0 unspecified atom stereocenters. The van der Waals surface area contributed by atoms with E-state index < -0.39 is 71.3 Å². The second-order valence-electron chi connectivity index (χ2n) is 14.0. The number of aromatic nitrogens is 5. The molecular formula is C34H32ClF6N9O3. The van der Waals surface area contributed by atoms with E-state index in [9.17, 15) is 35.9 Å². The Labute approximate surface area is 303 Å². The minimum Gasteiger partial charge on any atom is -0.447 e. The first-order chi connectivity index (χ1) is 24.8. The zero-order chi connectivity index (χ0) is 38.5. The summed E-state index contributed by atoms with van der Waals surface area (Å²) in [5.41, 5.74) is -3.66. The van der Waals surface area contributed by atoms with Crippen molar-refractivity contribution in [3.05, 3.63) is 89.0 Å². The third kappa shape index (κ3) is 7.36. The predicted octanol–water partition coefficient (Wildman–Crippen LogP) is 7.01. The normalized spacial score (nSPS) is 19.0.